The zero-order valence-corrected chi connectivity index (χ0v) is 18.5. The number of carbonyl (C=O) groups excluding carboxylic acids is 1. The first-order chi connectivity index (χ1) is 14.9. The lowest BCUT2D eigenvalue weighted by Gasteiger charge is -2.38. The quantitative estimate of drug-likeness (QED) is 0.759. The summed E-state index contributed by atoms with van der Waals surface area (Å²) < 4.78 is 10.9. The van der Waals surface area contributed by atoms with Gasteiger partial charge in [-0.1, -0.05) is 24.3 Å². The third-order valence-electron chi connectivity index (χ3n) is 5.52. The first-order valence-corrected chi connectivity index (χ1v) is 11.1. The predicted molar refractivity (Wildman–Crippen MR) is 118 cm³/mol. The van der Waals surface area contributed by atoms with Crippen LogP contribution in [0, 0.1) is 11.3 Å². The van der Waals surface area contributed by atoms with Crippen molar-refractivity contribution in [3.63, 3.8) is 0 Å². The van der Waals surface area contributed by atoms with E-state index in [0.717, 1.165) is 11.3 Å². The zero-order valence-electron chi connectivity index (χ0n) is 17.7. The van der Waals surface area contributed by atoms with Gasteiger partial charge in [-0.3, -0.25) is 9.69 Å². The fourth-order valence-electron chi connectivity index (χ4n) is 4.03. The molecule has 0 aliphatic carbocycles. The van der Waals surface area contributed by atoms with Gasteiger partial charge in [0.2, 0.25) is 5.91 Å². The number of thioether (sulfide) groups is 1. The Morgan fingerprint density at radius 3 is 2.39 bits per heavy atom. The van der Waals surface area contributed by atoms with Crippen molar-refractivity contribution in [2.24, 2.45) is 0 Å². The average Bonchev–Trinajstić information content (AvgIpc) is 3.13. The van der Waals surface area contributed by atoms with Gasteiger partial charge in [0.1, 0.15) is 11.5 Å². The summed E-state index contributed by atoms with van der Waals surface area (Å²) in [4.78, 5) is 14.6. The molecule has 1 fully saturated rings. The lowest BCUT2D eigenvalue weighted by atomic mass is 9.85. The number of amides is 1. The van der Waals surface area contributed by atoms with Crippen LogP contribution in [0.1, 0.15) is 37.3 Å². The highest BCUT2D eigenvalue weighted by atomic mass is 32.2. The molecule has 7 heteroatoms. The van der Waals surface area contributed by atoms with E-state index in [4.69, 9.17) is 9.47 Å². The minimum atomic E-state index is -1.49. The molecule has 2 aromatic carbocycles. The zero-order chi connectivity index (χ0) is 22.2. The fraction of sp³-hybridized carbons (Fsp3) is 0.333. The van der Waals surface area contributed by atoms with Crippen LogP contribution in [0.15, 0.2) is 59.1 Å². The van der Waals surface area contributed by atoms with Crippen LogP contribution >= 0.6 is 11.8 Å². The lowest BCUT2D eigenvalue weighted by molar-refractivity contribution is -0.149. The van der Waals surface area contributed by atoms with Crippen molar-refractivity contribution < 1.29 is 19.4 Å². The molecule has 2 aliphatic rings. The summed E-state index contributed by atoms with van der Waals surface area (Å²) in [5.74, 6) is 1.13. The van der Waals surface area contributed by atoms with E-state index in [2.05, 4.69) is 6.07 Å². The normalized spacial score (nSPS) is 23.0. The van der Waals surface area contributed by atoms with Crippen molar-refractivity contribution in [2.75, 3.05) is 12.9 Å². The van der Waals surface area contributed by atoms with E-state index in [-0.39, 0.29) is 30.1 Å². The first kappa shape index (κ1) is 21.3. The highest BCUT2D eigenvalue weighted by Crippen LogP contribution is 2.51. The monoisotopic (exact) mass is 436 g/mol. The molecule has 31 heavy (non-hydrogen) atoms. The Morgan fingerprint density at radius 2 is 1.81 bits per heavy atom. The molecule has 2 aromatic rings. The molecule has 0 bridgehead atoms. The Labute approximate surface area is 186 Å². The Kier molecular flexibility index (Phi) is 5.69. The SMILES string of the molecule is COc1ccc([C@]2(O)CSC3=C(C#N)[C@@H](c4ccc(OC(C)C)cc4)CC(=O)N32)cc1. The van der Waals surface area contributed by atoms with Gasteiger partial charge in [0.05, 0.1) is 35.6 Å². The van der Waals surface area contributed by atoms with Crippen molar-refractivity contribution >= 4 is 17.7 Å². The summed E-state index contributed by atoms with van der Waals surface area (Å²) in [5, 5.41) is 22.0. The summed E-state index contributed by atoms with van der Waals surface area (Å²) >= 11 is 1.34. The van der Waals surface area contributed by atoms with Gasteiger partial charge in [-0.25, -0.2) is 0 Å². The van der Waals surface area contributed by atoms with Crippen LogP contribution in [0.3, 0.4) is 0 Å². The van der Waals surface area contributed by atoms with Crippen LogP contribution in [0.2, 0.25) is 0 Å². The molecule has 6 nitrogen and oxygen atoms in total. The third kappa shape index (κ3) is 3.78. The summed E-state index contributed by atoms with van der Waals surface area (Å²) in [6.07, 6.45) is 0.188. The number of carbonyl (C=O) groups is 1. The van der Waals surface area contributed by atoms with Gasteiger partial charge >= 0.3 is 0 Å². The number of hydrogen-bond acceptors (Lipinski definition) is 6. The highest BCUT2D eigenvalue weighted by molar-refractivity contribution is 8.03. The van der Waals surface area contributed by atoms with Gasteiger partial charge in [0.15, 0.2) is 5.72 Å². The van der Waals surface area contributed by atoms with E-state index >= 15 is 0 Å². The van der Waals surface area contributed by atoms with Crippen LogP contribution in [-0.4, -0.2) is 34.9 Å². The lowest BCUT2D eigenvalue weighted by Crippen LogP contribution is -2.48. The molecule has 0 radical (unpaired) electrons. The molecule has 0 spiro atoms. The smallest absolute Gasteiger partial charge is 0.231 e. The topological polar surface area (TPSA) is 82.8 Å². The van der Waals surface area contributed by atoms with Crippen LogP contribution in [0.25, 0.3) is 0 Å². The maximum Gasteiger partial charge on any atom is 0.231 e. The largest absolute Gasteiger partial charge is 0.497 e. The Balaban J connectivity index is 1.69. The van der Waals surface area contributed by atoms with Gasteiger partial charge in [0.25, 0.3) is 0 Å². The molecule has 0 saturated carbocycles. The molecule has 1 N–H and O–H groups in total. The molecule has 2 heterocycles. The minimum absolute atomic E-state index is 0.0676. The second-order valence-electron chi connectivity index (χ2n) is 7.89. The maximum atomic E-state index is 13.2. The molecule has 0 aromatic heterocycles. The number of aliphatic hydroxyl groups is 1. The number of ether oxygens (including phenoxy) is 2. The molecule has 1 saturated heterocycles. The van der Waals surface area contributed by atoms with E-state index in [0.29, 0.717) is 21.9 Å². The van der Waals surface area contributed by atoms with E-state index in [9.17, 15) is 15.2 Å². The Bertz CT molecular complexity index is 1060. The van der Waals surface area contributed by atoms with E-state index in [1.165, 1.54) is 16.7 Å². The van der Waals surface area contributed by atoms with Crippen molar-refractivity contribution in [2.45, 2.75) is 38.0 Å². The van der Waals surface area contributed by atoms with Crippen molar-refractivity contribution in [1.29, 1.82) is 5.26 Å². The number of benzene rings is 2. The summed E-state index contributed by atoms with van der Waals surface area (Å²) in [6.45, 7) is 3.92. The van der Waals surface area contributed by atoms with Crippen molar-refractivity contribution in [3.05, 3.63) is 70.3 Å². The molecular formula is C24H24N2O4S. The molecule has 2 aliphatic heterocycles. The van der Waals surface area contributed by atoms with Gasteiger partial charge in [0, 0.05) is 17.9 Å². The standard InChI is InChI=1S/C24H24N2O4S/c1-15(2)30-19-8-4-16(5-9-19)20-12-22(27)26-23(21(20)13-25)31-14-24(26,28)17-6-10-18(29-3)11-7-17/h4-11,15,20,28H,12,14H2,1-3H3/t20-,24-/m1/s1. The Hall–Kier alpha value is -2.95. The first-order valence-electron chi connectivity index (χ1n) is 10.1. The van der Waals surface area contributed by atoms with Crippen LogP contribution in [0.4, 0.5) is 0 Å². The summed E-state index contributed by atoms with van der Waals surface area (Å²) in [6, 6.07) is 16.8. The van der Waals surface area contributed by atoms with Crippen LogP contribution < -0.4 is 9.47 Å². The fourth-order valence-corrected chi connectivity index (χ4v) is 5.39. The molecular weight excluding hydrogens is 412 g/mol. The third-order valence-corrected chi connectivity index (χ3v) is 6.74. The van der Waals surface area contributed by atoms with Crippen LogP contribution in [0.5, 0.6) is 11.5 Å². The minimum Gasteiger partial charge on any atom is -0.497 e. The number of methoxy groups -OCH3 is 1. The number of fused-ring (bicyclic) bond motifs is 1. The second kappa shape index (κ2) is 8.29. The maximum absolute atomic E-state index is 13.2. The van der Waals surface area contributed by atoms with E-state index in [1.54, 1.807) is 31.4 Å². The van der Waals surface area contributed by atoms with Gasteiger partial charge < -0.3 is 14.6 Å². The molecule has 0 unspecified atom stereocenters. The number of hydrogen-bond donors (Lipinski definition) is 1. The average molecular weight is 437 g/mol. The molecule has 4 rings (SSSR count). The van der Waals surface area contributed by atoms with E-state index < -0.39 is 5.72 Å². The molecule has 2 atom stereocenters. The molecule has 160 valence electrons. The van der Waals surface area contributed by atoms with Gasteiger partial charge in [-0.2, -0.15) is 5.26 Å². The van der Waals surface area contributed by atoms with Crippen LogP contribution in [-0.2, 0) is 10.5 Å². The summed E-state index contributed by atoms with van der Waals surface area (Å²) in [5.41, 5.74) is 0.487. The van der Waals surface area contributed by atoms with E-state index in [1.807, 2.05) is 38.1 Å². The second-order valence-corrected chi connectivity index (χ2v) is 8.85. The number of nitriles is 1. The molecule has 1 amide bonds. The Morgan fingerprint density at radius 1 is 1.16 bits per heavy atom. The van der Waals surface area contributed by atoms with Gasteiger partial charge in [-0.05, 0) is 43.7 Å². The summed E-state index contributed by atoms with van der Waals surface area (Å²) in [7, 11) is 1.57. The highest BCUT2D eigenvalue weighted by Gasteiger charge is 2.51. The van der Waals surface area contributed by atoms with Crippen molar-refractivity contribution in [3.8, 4) is 17.6 Å². The number of nitrogens with zero attached hydrogens (tertiary/aromatic N) is 2. The van der Waals surface area contributed by atoms with Crippen molar-refractivity contribution in [1.82, 2.24) is 4.90 Å². The number of allylic oxidation sites excluding steroid dienone is 1. The van der Waals surface area contributed by atoms with Gasteiger partial charge in [-0.15, -0.1) is 11.8 Å². The predicted octanol–water partition coefficient (Wildman–Crippen LogP) is 4.13. The number of rotatable bonds is 5.